The number of hydrogen-bond acceptors (Lipinski definition) is 3. The Kier molecular flexibility index (Phi) is 3.79. The first-order chi connectivity index (χ1) is 9.04. The smallest absolute Gasteiger partial charge is 0.193 e. The van der Waals surface area contributed by atoms with E-state index in [4.69, 9.17) is 5.73 Å². The zero-order valence-corrected chi connectivity index (χ0v) is 11.4. The van der Waals surface area contributed by atoms with Crippen LogP contribution in [-0.4, -0.2) is 20.7 Å². The summed E-state index contributed by atoms with van der Waals surface area (Å²) < 4.78 is 1.81. The van der Waals surface area contributed by atoms with Gasteiger partial charge >= 0.3 is 0 Å². The molecule has 1 aromatic heterocycles. The molecule has 2 aromatic rings. The van der Waals surface area contributed by atoms with Gasteiger partial charge in [0, 0.05) is 12.7 Å². The molecule has 0 aliphatic rings. The van der Waals surface area contributed by atoms with Crippen molar-refractivity contribution in [3.8, 4) is 0 Å². The summed E-state index contributed by atoms with van der Waals surface area (Å²) >= 11 is 0. The molecule has 3 N–H and O–H groups in total. The Bertz CT molecular complexity index is 579. The number of guanidine groups is 1. The van der Waals surface area contributed by atoms with Gasteiger partial charge < -0.3 is 15.6 Å². The van der Waals surface area contributed by atoms with Crippen LogP contribution in [0.4, 0.5) is 5.69 Å². The Morgan fingerprint density at radius 1 is 1.32 bits per heavy atom. The Morgan fingerprint density at radius 3 is 2.58 bits per heavy atom. The van der Waals surface area contributed by atoms with Crippen molar-refractivity contribution in [3.05, 3.63) is 41.5 Å². The summed E-state index contributed by atoms with van der Waals surface area (Å²) in [5.74, 6) is 1.14. The van der Waals surface area contributed by atoms with Gasteiger partial charge in [0.15, 0.2) is 11.8 Å². The second-order valence-electron chi connectivity index (χ2n) is 4.56. The van der Waals surface area contributed by atoms with Crippen LogP contribution in [0.15, 0.2) is 29.5 Å². The summed E-state index contributed by atoms with van der Waals surface area (Å²) in [4.78, 5) is 4.24. The molecule has 0 atom stereocenters. The molecular weight excluding hydrogens is 240 g/mol. The molecule has 19 heavy (non-hydrogen) atoms. The van der Waals surface area contributed by atoms with Crippen molar-refractivity contribution in [2.75, 3.05) is 5.32 Å². The molecule has 6 heteroatoms. The number of nitrogens with zero attached hydrogens (tertiary/aromatic N) is 4. The van der Waals surface area contributed by atoms with E-state index in [9.17, 15) is 0 Å². The molecule has 1 heterocycles. The molecular formula is C13H18N6. The number of nitrogens with two attached hydrogens (primary N) is 1. The van der Waals surface area contributed by atoms with Gasteiger partial charge in [-0.3, -0.25) is 0 Å². The number of rotatable bonds is 3. The van der Waals surface area contributed by atoms with E-state index in [1.807, 2.05) is 37.6 Å². The van der Waals surface area contributed by atoms with Crippen molar-refractivity contribution in [3.63, 3.8) is 0 Å². The maximum Gasteiger partial charge on any atom is 0.193 e. The van der Waals surface area contributed by atoms with Gasteiger partial charge in [0.2, 0.25) is 0 Å². The van der Waals surface area contributed by atoms with Crippen LogP contribution in [0.25, 0.3) is 0 Å². The third kappa shape index (κ3) is 3.54. The van der Waals surface area contributed by atoms with Gasteiger partial charge in [0.1, 0.15) is 12.9 Å². The Balaban J connectivity index is 2.04. The van der Waals surface area contributed by atoms with E-state index in [1.54, 1.807) is 6.33 Å². The highest BCUT2D eigenvalue weighted by Gasteiger charge is 2.01. The lowest BCUT2D eigenvalue weighted by Crippen LogP contribution is -2.23. The number of hydrogen-bond donors (Lipinski definition) is 2. The fraction of sp³-hybridized carbons (Fsp3) is 0.308. The van der Waals surface area contributed by atoms with Gasteiger partial charge in [0.05, 0.1) is 0 Å². The molecule has 100 valence electrons. The van der Waals surface area contributed by atoms with Crippen molar-refractivity contribution < 1.29 is 0 Å². The summed E-state index contributed by atoms with van der Waals surface area (Å²) in [6, 6.07) is 6.16. The first-order valence-corrected chi connectivity index (χ1v) is 6.02. The predicted octanol–water partition coefficient (Wildman–Crippen LogP) is 1.36. The summed E-state index contributed by atoms with van der Waals surface area (Å²) in [5.41, 5.74) is 9.16. The quantitative estimate of drug-likeness (QED) is 0.643. The summed E-state index contributed by atoms with van der Waals surface area (Å²) in [7, 11) is 1.87. The number of aryl methyl sites for hydroxylation is 3. The molecule has 0 unspecified atom stereocenters. The standard InChI is InChI=1S/C13H18N6/c1-9-4-10(2)6-11(5-9)17-13(14)15-7-12-18-16-8-19(12)3/h4-6,8H,7H2,1-3H3,(H3,14,15,17). The van der Waals surface area contributed by atoms with E-state index in [-0.39, 0.29) is 0 Å². The number of benzene rings is 1. The highest BCUT2D eigenvalue weighted by atomic mass is 15.3. The highest BCUT2D eigenvalue weighted by Crippen LogP contribution is 2.13. The lowest BCUT2D eigenvalue weighted by atomic mass is 10.1. The van der Waals surface area contributed by atoms with Gasteiger partial charge in [-0.15, -0.1) is 10.2 Å². The van der Waals surface area contributed by atoms with Crippen LogP contribution in [0.1, 0.15) is 17.0 Å². The number of nitrogens with one attached hydrogen (secondary N) is 1. The molecule has 1 aromatic carbocycles. The molecule has 0 saturated heterocycles. The molecule has 0 amide bonds. The van der Waals surface area contributed by atoms with E-state index >= 15 is 0 Å². The van der Waals surface area contributed by atoms with Gasteiger partial charge in [-0.05, 0) is 37.1 Å². The van der Waals surface area contributed by atoms with Gasteiger partial charge in [-0.2, -0.15) is 0 Å². The van der Waals surface area contributed by atoms with Crippen LogP contribution >= 0.6 is 0 Å². The summed E-state index contributed by atoms with van der Waals surface area (Å²) in [5, 5.41) is 10.8. The van der Waals surface area contributed by atoms with Crippen molar-refractivity contribution in [2.24, 2.45) is 17.8 Å². The fourth-order valence-electron chi connectivity index (χ4n) is 1.84. The summed E-state index contributed by atoms with van der Waals surface area (Å²) in [6.45, 7) is 4.50. The normalized spacial score (nSPS) is 11.6. The molecule has 0 aliphatic carbocycles. The molecule has 0 spiro atoms. The molecule has 2 rings (SSSR count). The number of anilines is 1. The predicted molar refractivity (Wildman–Crippen MR) is 75.9 cm³/mol. The zero-order valence-electron chi connectivity index (χ0n) is 11.4. The molecule has 0 radical (unpaired) electrons. The van der Waals surface area contributed by atoms with Crippen molar-refractivity contribution in [1.29, 1.82) is 0 Å². The average molecular weight is 258 g/mol. The Morgan fingerprint density at radius 2 is 2.00 bits per heavy atom. The van der Waals surface area contributed by atoms with Crippen LogP contribution in [-0.2, 0) is 13.6 Å². The second kappa shape index (κ2) is 5.51. The van der Waals surface area contributed by atoms with E-state index in [0.717, 1.165) is 11.5 Å². The average Bonchev–Trinajstić information content (AvgIpc) is 2.71. The van der Waals surface area contributed by atoms with E-state index in [2.05, 4.69) is 26.6 Å². The van der Waals surface area contributed by atoms with Crippen LogP contribution in [0.2, 0.25) is 0 Å². The van der Waals surface area contributed by atoms with Gasteiger partial charge in [-0.1, -0.05) is 6.07 Å². The van der Waals surface area contributed by atoms with E-state index in [0.29, 0.717) is 12.5 Å². The minimum Gasteiger partial charge on any atom is -0.370 e. The topological polar surface area (TPSA) is 81.1 Å². The molecule has 6 nitrogen and oxygen atoms in total. The third-order valence-electron chi connectivity index (χ3n) is 2.69. The lowest BCUT2D eigenvalue weighted by molar-refractivity contribution is 0.792. The Hall–Kier alpha value is -2.37. The zero-order chi connectivity index (χ0) is 13.8. The second-order valence-corrected chi connectivity index (χ2v) is 4.56. The van der Waals surface area contributed by atoms with Crippen LogP contribution in [0.3, 0.4) is 0 Å². The number of aliphatic imine (C=N–C) groups is 1. The van der Waals surface area contributed by atoms with Crippen LogP contribution in [0.5, 0.6) is 0 Å². The lowest BCUT2D eigenvalue weighted by Gasteiger charge is -2.07. The van der Waals surface area contributed by atoms with Crippen LogP contribution in [0, 0.1) is 13.8 Å². The van der Waals surface area contributed by atoms with Gasteiger partial charge in [0.25, 0.3) is 0 Å². The molecule has 0 saturated carbocycles. The SMILES string of the molecule is Cc1cc(C)cc(NC(N)=NCc2nncn2C)c1. The van der Waals surface area contributed by atoms with Crippen molar-refractivity contribution in [2.45, 2.75) is 20.4 Å². The monoisotopic (exact) mass is 258 g/mol. The van der Waals surface area contributed by atoms with Crippen LogP contribution < -0.4 is 11.1 Å². The van der Waals surface area contributed by atoms with Crippen molar-refractivity contribution in [1.82, 2.24) is 14.8 Å². The maximum atomic E-state index is 5.85. The first kappa shape index (κ1) is 13.1. The summed E-state index contributed by atoms with van der Waals surface area (Å²) in [6.07, 6.45) is 1.64. The first-order valence-electron chi connectivity index (χ1n) is 6.02. The Labute approximate surface area is 112 Å². The minimum atomic E-state index is 0.369. The molecule has 0 bridgehead atoms. The van der Waals surface area contributed by atoms with E-state index in [1.165, 1.54) is 11.1 Å². The fourth-order valence-corrected chi connectivity index (χ4v) is 1.84. The highest BCUT2D eigenvalue weighted by molar-refractivity contribution is 5.92. The van der Waals surface area contributed by atoms with Crippen molar-refractivity contribution >= 4 is 11.6 Å². The maximum absolute atomic E-state index is 5.85. The minimum absolute atomic E-state index is 0.369. The number of aromatic nitrogens is 3. The van der Waals surface area contributed by atoms with E-state index < -0.39 is 0 Å². The molecule has 0 aliphatic heterocycles. The third-order valence-corrected chi connectivity index (χ3v) is 2.69. The molecule has 0 fully saturated rings. The van der Waals surface area contributed by atoms with Gasteiger partial charge in [-0.25, -0.2) is 4.99 Å². The largest absolute Gasteiger partial charge is 0.370 e.